The monoisotopic (exact) mass is 422 g/mol. The van der Waals surface area contributed by atoms with Crippen molar-refractivity contribution in [3.63, 3.8) is 0 Å². The van der Waals surface area contributed by atoms with Gasteiger partial charge in [0, 0.05) is 59.8 Å². The molecule has 5 heteroatoms. The Morgan fingerprint density at radius 1 is 0.938 bits per heavy atom. The minimum absolute atomic E-state index is 0.0821. The zero-order valence-electron chi connectivity index (χ0n) is 19.3. The van der Waals surface area contributed by atoms with Gasteiger partial charge in [0.25, 0.3) is 0 Å². The molecule has 0 atom stereocenters. The molecule has 32 heavy (non-hydrogen) atoms. The highest BCUT2D eigenvalue weighted by Gasteiger charge is 2.41. The van der Waals surface area contributed by atoms with E-state index < -0.39 is 5.41 Å². The smallest absolute Gasteiger partial charge is 0.187 e. The summed E-state index contributed by atoms with van der Waals surface area (Å²) < 4.78 is 0. The summed E-state index contributed by atoms with van der Waals surface area (Å²) in [5, 5.41) is 9.30. The van der Waals surface area contributed by atoms with Crippen molar-refractivity contribution < 1.29 is 4.79 Å². The number of allylic oxidation sites excluding steroid dienone is 4. The van der Waals surface area contributed by atoms with Gasteiger partial charge in [-0.15, -0.1) is 0 Å². The van der Waals surface area contributed by atoms with Gasteiger partial charge in [-0.3, -0.25) is 4.79 Å². The van der Waals surface area contributed by atoms with Crippen LogP contribution in [0.25, 0.3) is 4.85 Å². The minimum Gasteiger partial charge on any atom is -0.347 e. The van der Waals surface area contributed by atoms with Gasteiger partial charge < -0.3 is 9.80 Å². The van der Waals surface area contributed by atoms with Gasteiger partial charge in [-0.1, -0.05) is 39.8 Å². The molecule has 0 spiro atoms. The molecule has 2 aromatic carbocycles. The Morgan fingerprint density at radius 2 is 1.44 bits per heavy atom. The van der Waals surface area contributed by atoms with Crippen LogP contribution >= 0.6 is 0 Å². The van der Waals surface area contributed by atoms with Crippen LogP contribution in [-0.2, 0) is 15.6 Å². The molecule has 0 N–H and O–H groups in total. The van der Waals surface area contributed by atoms with Crippen LogP contribution in [0.1, 0.15) is 44.4 Å². The lowest BCUT2D eigenvalue weighted by atomic mass is 9.82. The predicted molar refractivity (Wildman–Crippen MR) is 128 cm³/mol. The first kappa shape index (κ1) is 21.4. The summed E-state index contributed by atoms with van der Waals surface area (Å²) >= 11 is 0. The number of ketones is 1. The van der Waals surface area contributed by atoms with E-state index in [4.69, 9.17) is 6.57 Å². The van der Waals surface area contributed by atoms with E-state index in [1.807, 2.05) is 60.3 Å². The Morgan fingerprint density at radius 3 is 1.94 bits per heavy atom. The maximum atomic E-state index is 13.3. The summed E-state index contributed by atoms with van der Waals surface area (Å²) in [6.07, 6.45) is 3.41. The number of nitrogens with zero attached hydrogens (tertiary/aromatic N) is 4. The largest absolute Gasteiger partial charge is 0.347 e. The molecule has 160 valence electrons. The van der Waals surface area contributed by atoms with E-state index in [1.54, 1.807) is 12.2 Å². The highest BCUT2D eigenvalue weighted by Crippen LogP contribution is 2.49. The number of likely N-dealkylation sites (N-methyl/N-ethyl adjacent to an activating group) is 2. The van der Waals surface area contributed by atoms with Crippen molar-refractivity contribution in [2.75, 3.05) is 23.9 Å². The van der Waals surface area contributed by atoms with E-state index in [9.17, 15) is 10.1 Å². The first-order valence-corrected chi connectivity index (χ1v) is 10.5. The number of benzene rings is 2. The molecular weight excluding hydrogens is 396 g/mol. The number of hydrogen-bond donors (Lipinski definition) is 0. The van der Waals surface area contributed by atoms with E-state index in [1.165, 1.54) is 0 Å². The summed E-state index contributed by atoms with van der Waals surface area (Å²) in [4.78, 5) is 20.9. The molecule has 0 amide bonds. The van der Waals surface area contributed by atoms with Crippen LogP contribution in [0.15, 0.2) is 59.9 Å². The third-order valence-corrected chi connectivity index (χ3v) is 6.87. The average Bonchev–Trinajstić information content (AvgIpc) is 3.07. The van der Waals surface area contributed by atoms with Gasteiger partial charge in [-0.25, -0.2) is 4.85 Å². The van der Waals surface area contributed by atoms with E-state index in [-0.39, 0.29) is 11.2 Å². The lowest BCUT2D eigenvalue weighted by Gasteiger charge is -2.25. The first-order chi connectivity index (χ1) is 15.0. The fourth-order valence-electron chi connectivity index (χ4n) is 5.02. The lowest BCUT2D eigenvalue weighted by molar-refractivity contribution is -0.110. The highest BCUT2D eigenvalue weighted by molar-refractivity contribution is 6.02. The molecule has 0 unspecified atom stereocenters. The molecule has 2 heterocycles. The molecule has 2 aromatic rings. The van der Waals surface area contributed by atoms with Gasteiger partial charge in [0.1, 0.15) is 0 Å². The second kappa shape index (κ2) is 7.11. The third kappa shape index (κ3) is 3.01. The van der Waals surface area contributed by atoms with Crippen molar-refractivity contribution in [2.24, 2.45) is 0 Å². The van der Waals surface area contributed by atoms with Crippen LogP contribution in [0.2, 0.25) is 0 Å². The number of rotatable bonds is 2. The predicted octanol–water partition coefficient (Wildman–Crippen LogP) is 5.60. The summed E-state index contributed by atoms with van der Waals surface area (Å²) in [6.45, 7) is 15.7. The number of anilines is 2. The fourth-order valence-corrected chi connectivity index (χ4v) is 5.02. The van der Waals surface area contributed by atoms with Gasteiger partial charge in [-0.05, 0) is 35.4 Å². The van der Waals surface area contributed by atoms with E-state index >= 15 is 0 Å². The van der Waals surface area contributed by atoms with E-state index in [0.29, 0.717) is 11.3 Å². The Kier molecular flexibility index (Phi) is 4.75. The molecule has 0 fully saturated rings. The summed E-state index contributed by atoms with van der Waals surface area (Å²) in [5.74, 6) is -0.0821. The fraction of sp³-hybridized carbons (Fsp3) is 0.296. The van der Waals surface area contributed by atoms with Crippen LogP contribution in [0.5, 0.6) is 0 Å². The minimum atomic E-state index is -0.393. The second-order valence-corrected chi connectivity index (χ2v) is 9.49. The number of hydrogen-bond acceptors (Lipinski definition) is 4. The van der Waals surface area contributed by atoms with Gasteiger partial charge in [0.2, 0.25) is 0 Å². The Labute approximate surface area is 189 Å². The third-order valence-electron chi connectivity index (χ3n) is 6.87. The Hall–Kier alpha value is -3.83. The van der Waals surface area contributed by atoms with Crippen molar-refractivity contribution in [1.82, 2.24) is 0 Å². The summed E-state index contributed by atoms with van der Waals surface area (Å²) in [5.41, 5.74) is 6.36. The molecule has 0 radical (unpaired) electrons. The molecule has 2 aliphatic heterocycles. The van der Waals surface area contributed by atoms with Crippen LogP contribution < -0.4 is 9.80 Å². The van der Waals surface area contributed by atoms with Crippen molar-refractivity contribution in [3.8, 4) is 6.07 Å². The standard InChI is InChI=1S/C27H26N4O/c1-26(2)20-12-17(16-28)8-10-22(20)30(6)24(26)14-19(32)15-25-27(3,4)21-13-18(29-5)9-11-23(21)31(25)7/h8-15H,1-4,6-7H3. The average molecular weight is 423 g/mol. The van der Waals surface area contributed by atoms with Crippen molar-refractivity contribution in [3.05, 3.63) is 88.1 Å². The number of carbonyl (C=O) groups is 1. The Bertz CT molecular complexity index is 1200. The van der Waals surface area contributed by atoms with Gasteiger partial charge >= 0.3 is 0 Å². The SMILES string of the molecule is [C-]#[N+]c1ccc2c(c1)C(C)(C)C(=CC(=O)C=C1N(C)c3ccc(C#N)cc3C1(C)C)N2C. The van der Waals surface area contributed by atoms with Crippen LogP contribution in [-0.4, -0.2) is 19.9 Å². The molecule has 0 aliphatic carbocycles. The summed E-state index contributed by atoms with van der Waals surface area (Å²) in [7, 11) is 3.92. The zero-order chi connectivity index (χ0) is 23.4. The normalized spacial score (nSPS) is 20.1. The quantitative estimate of drug-likeness (QED) is 0.467. The van der Waals surface area contributed by atoms with Crippen molar-refractivity contribution in [1.29, 1.82) is 5.26 Å². The molecule has 0 saturated heterocycles. The number of carbonyl (C=O) groups excluding carboxylic acids is 1. The molecule has 4 rings (SSSR count). The molecule has 0 saturated carbocycles. The second-order valence-electron chi connectivity index (χ2n) is 9.49. The van der Waals surface area contributed by atoms with Gasteiger partial charge in [0.05, 0.1) is 18.2 Å². The van der Waals surface area contributed by atoms with E-state index in [2.05, 4.69) is 38.6 Å². The van der Waals surface area contributed by atoms with Gasteiger partial charge in [-0.2, -0.15) is 5.26 Å². The topological polar surface area (TPSA) is 51.7 Å². The highest BCUT2D eigenvalue weighted by atomic mass is 16.1. The molecule has 0 aromatic heterocycles. The zero-order valence-corrected chi connectivity index (χ0v) is 19.3. The van der Waals surface area contributed by atoms with Crippen LogP contribution in [0.3, 0.4) is 0 Å². The van der Waals surface area contributed by atoms with Gasteiger partial charge in [0.15, 0.2) is 11.5 Å². The lowest BCUT2D eigenvalue weighted by Crippen LogP contribution is -2.25. The molecule has 5 nitrogen and oxygen atoms in total. The van der Waals surface area contributed by atoms with Crippen LogP contribution in [0, 0.1) is 17.9 Å². The molecule has 2 aliphatic rings. The number of nitriles is 1. The van der Waals surface area contributed by atoms with E-state index in [0.717, 1.165) is 33.9 Å². The number of fused-ring (bicyclic) bond motifs is 2. The Balaban J connectivity index is 1.73. The van der Waals surface area contributed by atoms with Crippen molar-refractivity contribution in [2.45, 2.75) is 38.5 Å². The molecular formula is C27H26N4O. The van der Waals surface area contributed by atoms with Crippen molar-refractivity contribution >= 4 is 22.8 Å². The van der Waals surface area contributed by atoms with Crippen LogP contribution in [0.4, 0.5) is 17.1 Å². The maximum Gasteiger partial charge on any atom is 0.187 e. The maximum absolute atomic E-state index is 13.3. The molecule has 0 bridgehead atoms. The first-order valence-electron chi connectivity index (χ1n) is 10.5. The summed E-state index contributed by atoms with van der Waals surface area (Å²) in [6, 6.07) is 13.5.